The molecule has 6 rings (SSSR count). The van der Waals surface area contributed by atoms with Crippen molar-refractivity contribution in [3.05, 3.63) is 75.7 Å². The zero-order chi connectivity index (χ0) is 28.5. The lowest BCUT2D eigenvalue weighted by Crippen LogP contribution is -2.26. The van der Waals surface area contributed by atoms with Crippen LogP contribution >= 0.6 is 11.6 Å². The van der Waals surface area contributed by atoms with Gasteiger partial charge in [0, 0.05) is 17.1 Å². The molecule has 0 saturated heterocycles. The number of halogens is 1. The van der Waals surface area contributed by atoms with Crippen molar-refractivity contribution in [1.29, 1.82) is 0 Å². The van der Waals surface area contributed by atoms with Crippen LogP contribution < -0.4 is 11.1 Å². The maximum atomic E-state index is 11.7. The highest BCUT2D eigenvalue weighted by Crippen LogP contribution is 2.36. The first-order valence-corrected chi connectivity index (χ1v) is 14.3. The van der Waals surface area contributed by atoms with E-state index in [1.54, 1.807) is 13.0 Å². The molecule has 2 atom stereocenters. The maximum absolute atomic E-state index is 11.7. The molecule has 0 radical (unpaired) electrons. The molecule has 10 nitrogen and oxygen atoms in total. The van der Waals surface area contributed by atoms with Crippen molar-refractivity contribution in [2.45, 2.75) is 58.2 Å². The molecule has 0 unspecified atom stereocenters. The number of anilines is 1. The second-order valence-electron chi connectivity index (χ2n) is 11.0. The van der Waals surface area contributed by atoms with Crippen LogP contribution in [0.2, 0.25) is 5.02 Å². The second-order valence-corrected chi connectivity index (χ2v) is 11.4. The van der Waals surface area contributed by atoms with Crippen molar-refractivity contribution in [3.63, 3.8) is 0 Å². The maximum Gasteiger partial charge on any atom is 0.439 e. The van der Waals surface area contributed by atoms with Crippen molar-refractivity contribution in [1.82, 2.24) is 29.7 Å². The van der Waals surface area contributed by atoms with E-state index in [-0.39, 0.29) is 11.6 Å². The molecule has 5 aromatic rings. The van der Waals surface area contributed by atoms with E-state index in [2.05, 4.69) is 26.9 Å². The highest BCUT2D eigenvalue weighted by molar-refractivity contribution is 6.30. The monoisotopic (exact) mass is 573 g/mol. The molecule has 0 spiro atoms. The number of hydrogen-bond donors (Lipinski definition) is 3. The van der Waals surface area contributed by atoms with Gasteiger partial charge in [-0.05, 0) is 49.3 Å². The third kappa shape index (κ3) is 5.75. The number of aliphatic hydroxyl groups excluding tert-OH is 1. The Morgan fingerprint density at radius 3 is 2.56 bits per heavy atom. The van der Waals surface area contributed by atoms with Gasteiger partial charge in [0.15, 0.2) is 5.65 Å². The number of nitrogens with one attached hydrogen (secondary N) is 2. The van der Waals surface area contributed by atoms with E-state index in [9.17, 15) is 9.90 Å². The van der Waals surface area contributed by atoms with Gasteiger partial charge >= 0.3 is 5.76 Å². The fraction of sp³-hybridized carbons (Fsp3) is 0.367. The molecule has 0 bridgehead atoms. The summed E-state index contributed by atoms with van der Waals surface area (Å²) in [5, 5.41) is 18.7. The number of aliphatic hydroxyl groups is 1. The minimum Gasteiger partial charge on any atom is -0.391 e. The topological polar surface area (TPSA) is 135 Å². The summed E-state index contributed by atoms with van der Waals surface area (Å²) in [7, 11) is 0. The molecule has 1 fully saturated rings. The average molecular weight is 574 g/mol. The summed E-state index contributed by atoms with van der Waals surface area (Å²) in [5.74, 6) is 1.34. The van der Waals surface area contributed by atoms with Crippen LogP contribution in [0, 0.1) is 11.8 Å². The lowest BCUT2D eigenvalue weighted by atomic mass is 9.83. The average Bonchev–Trinajstić information content (AvgIpc) is 3.56. The van der Waals surface area contributed by atoms with Gasteiger partial charge in [0.05, 0.1) is 12.1 Å². The molecule has 3 aromatic heterocycles. The Hall–Kier alpha value is -4.02. The van der Waals surface area contributed by atoms with Crippen LogP contribution in [0.5, 0.6) is 0 Å². The van der Waals surface area contributed by atoms with Crippen LogP contribution in [-0.2, 0) is 6.54 Å². The van der Waals surface area contributed by atoms with Gasteiger partial charge < -0.3 is 15.0 Å². The van der Waals surface area contributed by atoms with Crippen molar-refractivity contribution in [2.24, 2.45) is 11.8 Å². The normalized spacial score (nSPS) is 18.8. The van der Waals surface area contributed by atoms with Crippen molar-refractivity contribution in [2.75, 3.05) is 5.32 Å². The number of fused-ring (bicyclic) bond motifs is 1. The molecule has 2 aromatic carbocycles. The first-order valence-electron chi connectivity index (χ1n) is 14.0. The lowest BCUT2D eigenvalue weighted by Gasteiger charge is -2.28. The minimum absolute atomic E-state index is 0.108. The summed E-state index contributed by atoms with van der Waals surface area (Å²) in [5.41, 5.74) is 3.49. The summed E-state index contributed by atoms with van der Waals surface area (Å²) < 4.78 is 6.87. The summed E-state index contributed by atoms with van der Waals surface area (Å²) in [6.07, 6.45) is 3.90. The molecule has 212 valence electrons. The van der Waals surface area contributed by atoms with E-state index in [0.29, 0.717) is 34.8 Å². The number of rotatable bonds is 8. The molecular weight excluding hydrogens is 542 g/mol. The van der Waals surface area contributed by atoms with Crippen molar-refractivity contribution >= 4 is 28.7 Å². The minimum atomic E-state index is -0.699. The Kier molecular flexibility index (Phi) is 7.59. The standard InChI is InChI=1S/C30H32ClN7O3/c1-17-11-13-19(14-12-17)16-38-25-24(21-9-6-10-22(31)15-21)32-27(28-36-30(40)41-37-28)34-26(25)35-29(38)33-23(18(2)39)20-7-4-3-5-8-20/h3-10,15,17-19,23,39H,11-14,16H2,1-2H3,(H,36,37,40)(H,32,33,34,35)/t17?,18-,19?,23-/m0/s1. The quantitative estimate of drug-likeness (QED) is 0.210. The van der Waals surface area contributed by atoms with Crippen LogP contribution in [0.1, 0.15) is 51.1 Å². The summed E-state index contributed by atoms with van der Waals surface area (Å²) in [6.45, 7) is 4.78. The smallest absolute Gasteiger partial charge is 0.391 e. The molecule has 3 heterocycles. The van der Waals surface area contributed by atoms with Crippen LogP contribution in [0.4, 0.5) is 5.95 Å². The summed E-state index contributed by atoms with van der Waals surface area (Å²) >= 11 is 6.41. The van der Waals surface area contributed by atoms with Crippen LogP contribution in [0.25, 0.3) is 34.1 Å². The Balaban J connectivity index is 1.55. The Labute approximate surface area is 241 Å². The predicted octanol–water partition coefficient (Wildman–Crippen LogP) is 5.85. The largest absolute Gasteiger partial charge is 0.439 e. The molecule has 0 amide bonds. The van der Waals surface area contributed by atoms with Crippen LogP contribution in [0.3, 0.4) is 0 Å². The van der Waals surface area contributed by atoms with E-state index >= 15 is 0 Å². The van der Waals surface area contributed by atoms with Crippen LogP contribution in [-0.4, -0.2) is 40.9 Å². The number of aromatic nitrogens is 6. The fourth-order valence-electron chi connectivity index (χ4n) is 5.64. The van der Waals surface area contributed by atoms with Gasteiger partial charge in [-0.25, -0.2) is 14.8 Å². The number of aromatic amines is 1. The van der Waals surface area contributed by atoms with Crippen LogP contribution in [0.15, 0.2) is 63.9 Å². The van der Waals surface area contributed by atoms with E-state index in [1.807, 2.05) is 48.5 Å². The predicted molar refractivity (Wildman–Crippen MR) is 157 cm³/mol. The Morgan fingerprint density at radius 2 is 1.88 bits per heavy atom. The molecule has 41 heavy (non-hydrogen) atoms. The number of H-pyrrole nitrogens is 1. The number of nitrogens with zero attached hydrogens (tertiary/aromatic N) is 5. The summed E-state index contributed by atoms with van der Waals surface area (Å²) in [4.78, 5) is 28.8. The Morgan fingerprint density at radius 1 is 1.10 bits per heavy atom. The number of imidazole rings is 1. The SMILES string of the molecule is CC1CCC(Cn2c(N[C@H](c3ccccc3)[C@H](C)O)nc3nc(-c4noc(=O)[nH]4)nc(-c4cccc(Cl)c4)c32)CC1. The molecule has 0 aliphatic heterocycles. The molecule has 3 N–H and O–H groups in total. The fourth-order valence-corrected chi connectivity index (χ4v) is 5.84. The van der Waals surface area contributed by atoms with E-state index in [4.69, 9.17) is 31.1 Å². The summed E-state index contributed by atoms with van der Waals surface area (Å²) in [6, 6.07) is 16.8. The molecule has 1 saturated carbocycles. The molecule has 11 heteroatoms. The van der Waals surface area contributed by atoms with E-state index in [0.717, 1.165) is 35.4 Å². The first-order chi connectivity index (χ1) is 19.9. The molecular formula is C30H32ClN7O3. The molecule has 1 aliphatic rings. The van der Waals surface area contributed by atoms with E-state index in [1.165, 1.54) is 12.8 Å². The highest BCUT2D eigenvalue weighted by atomic mass is 35.5. The first kappa shape index (κ1) is 27.2. The zero-order valence-corrected chi connectivity index (χ0v) is 23.7. The van der Waals surface area contributed by atoms with Gasteiger partial charge in [-0.15, -0.1) is 0 Å². The third-order valence-corrected chi connectivity index (χ3v) is 8.09. The molecule has 1 aliphatic carbocycles. The third-order valence-electron chi connectivity index (χ3n) is 7.86. The van der Waals surface area contributed by atoms with Gasteiger partial charge in [0.25, 0.3) is 0 Å². The Bertz CT molecular complexity index is 1700. The van der Waals surface area contributed by atoms with Gasteiger partial charge in [0.2, 0.25) is 17.6 Å². The second kappa shape index (κ2) is 11.5. The van der Waals surface area contributed by atoms with Gasteiger partial charge in [-0.2, -0.15) is 4.98 Å². The van der Waals surface area contributed by atoms with Gasteiger partial charge in [-0.3, -0.25) is 9.51 Å². The highest BCUT2D eigenvalue weighted by Gasteiger charge is 2.27. The number of benzene rings is 2. The number of hydrogen-bond acceptors (Lipinski definition) is 8. The van der Waals surface area contributed by atoms with Crippen molar-refractivity contribution < 1.29 is 9.63 Å². The lowest BCUT2D eigenvalue weighted by molar-refractivity contribution is 0.171. The zero-order valence-electron chi connectivity index (χ0n) is 22.9. The van der Waals surface area contributed by atoms with Gasteiger partial charge in [-0.1, -0.05) is 79.0 Å². The van der Waals surface area contributed by atoms with Crippen molar-refractivity contribution in [3.8, 4) is 22.9 Å². The van der Waals surface area contributed by atoms with Gasteiger partial charge in [0.1, 0.15) is 11.2 Å². The van der Waals surface area contributed by atoms with E-state index < -0.39 is 17.9 Å².